The maximum atomic E-state index is 11.9. The third-order valence-electron chi connectivity index (χ3n) is 3.30. The molecule has 0 atom stereocenters. The van der Waals surface area contributed by atoms with Crippen molar-refractivity contribution in [3.63, 3.8) is 0 Å². The van der Waals surface area contributed by atoms with Crippen molar-refractivity contribution in [1.82, 2.24) is 4.57 Å². The van der Waals surface area contributed by atoms with E-state index in [0.717, 1.165) is 11.8 Å². The van der Waals surface area contributed by atoms with Gasteiger partial charge >= 0.3 is 0 Å². The van der Waals surface area contributed by atoms with Crippen LogP contribution in [0.25, 0.3) is 0 Å². The van der Waals surface area contributed by atoms with Gasteiger partial charge in [-0.3, -0.25) is 10.2 Å². The smallest absolute Gasteiger partial charge is 0.252 e. The SMILES string of the molecule is Cc1cc(C(N)=O)c(=N)n(Cc2cc(Cl)ccc2S(C)(=O)=O)c1.Cl. The maximum Gasteiger partial charge on any atom is 0.252 e. The number of nitrogens with two attached hydrogens (primary N) is 1. The van der Waals surface area contributed by atoms with Gasteiger partial charge < -0.3 is 10.3 Å². The Hall–Kier alpha value is -1.83. The van der Waals surface area contributed by atoms with Crippen LogP contribution in [0.1, 0.15) is 21.5 Å². The molecular weight excluding hydrogens is 373 g/mol. The molecule has 0 radical (unpaired) electrons. The highest BCUT2D eigenvalue weighted by Crippen LogP contribution is 2.21. The first-order valence-corrected chi connectivity index (χ1v) is 8.90. The molecule has 9 heteroatoms. The minimum Gasteiger partial charge on any atom is -0.365 e. The van der Waals surface area contributed by atoms with E-state index in [0.29, 0.717) is 10.6 Å². The molecule has 0 saturated carbocycles. The lowest BCUT2D eigenvalue weighted by molar-refractivity contribution is 0.0997. The summed E-state index contributed by atoms with van der Waals surface area (Å²) in [6.07, 6.45) is 2.76. The molecule has 6 nitrogen and oxygen atoms in total. The predicted octanol–water partition coefficient (Wildman–Crippen LogP) is 1.90. The zero-order valence-electron chi connectivity index (χ0n) is 13.0. The molecule has 130 valence electrons. The minimum absolute atomic E-state index is 0. The Bertz CT molecular complexity index is 953. The molecule has 0 unspecified atom stereocenters. The summed E-state index contributed by atoms with van der Waals surface area (Å²) in [5.41, 5.74) is 6.45. The van der Waals surface area contributed by atoms with Crippen LogP contribution in [0.2, 0.25) is 5.02 Å². The zero-order chi connectivity index (χ0) is 17.4. The molecule has 1 heterocycles. The van der Waals surface area contributed by atoms with Crippen LogP contribution in [0, 0.1) is 12.3 Å². The molecule has 1 amide bonds. The Morgan fingerprint density at radius 3 is 2.50 bits per heavy atom. The molecule has 1 aromatic heterocycles. The van der Waals surface area contributed by atoms with Gasteiger partial charge in [0.05, 0.1) is 17.0 Å². The van der Waals surface area contributed by atoms with Crippen LogP contribution in [0.3, 0.4) is 0 Å². The number of sulfone groups is 1. The van der Waals surface area contributed by atoms with Gasteiger partial charge in [-0.05, 0) is 42.3 Å². The zero-order valence-corrected chi connectivity index (χ0v) is 15.4. The van der Waals surface area contributed by atoms with Crippen LogP contribution in [0.15, 0.2) is 35.4 Å². The first-order valence-electron chi connectivity index (χ1n) is 6.63. The molecule has 2 aromatic rings. The fourth-order valence-corrected chi connectivity index (χ4v) is 3.44. The number of rotatable bonds is 4. The summed E-state index contributed by atoms with van der Waals surface area (Å²) >= 11 is 5.96. The van der Waals surface area contributed by atoms with Gasteiger partial charge in [-0.2, -0.15) is 0 Å². The largest absolute Gasteiger partial charge is 0.365 e. The Balaban J connectivity index is 0.00000288. The van der Waals surface area contributed by atoms with Crippen molar-refractivity contribution >= 4 is 39.8 Å². The quantitative estimate of drug-likeness (QED) is 0.833. The van der Waals surface area contributed by atoms with Crippen molar-refractivity contribution in [1.29, 1.82) is 5.41 Å². The van der Waals surface area contributed by atoms with Crippen molar-refractivity contribution in [3.8, 4) is 0 Å². The van der Waals surface area contributed by atoms with E-state index in [2.05, 4.69) is 0 Å². The van der Waals surface area contributed by atoms with Crippen molar-refractivity contribution in [3.05, 3.63) is 57.7 Å². The number of pyridine rings is 1. The van der Waals surface area contributed by atoms with Crippen LogP contribution in [0.4, 0.5) is 0 Å². The van der Waals surface area contributed by atoms with Crippen LogP contribution in [0.5, 0.6) is 0 Å². The Morgan fingerprint density at radius 1 is 1.33 bits per heavy atom. The number of nitrogens with one attached hydrogen (secondary N) is 1. The molecule has 0 aliphatic carbocycles. The van der Waals surface area contributed by atoms with E-state index >= 15 is 0 Å². The second-order valence-corrected chi connectivity index (χ2v) is 7.72. The monoisotopic (exact) mass is 389 g/mol. The molecule has 24 heavy (non-hydrogen) atoms. The summed E-state index contributed by atoms with van der Waals surface area (Å²) in [4.78, 5) is 11.6. The molecule has 3 N–H and O–H groups in total. The van der Waals surface area contributed by atoms with Gasteiger partial charge in [-0.15, -0.1) is 12.4 Å². The van der Waals surface area contributed by atoms with Crippen LogP contribution < -0.4 is 11.2 Å². The summed E-state index contributed by atoms with van der Waals surface area (Å²) in [6, 6.07) is 5.99. The van der Waals surface area contributed by atoms with Gasteiger partial charge in [0.2, 0.25) is 0 Å². The number of aromatic nitrogens is 1. The average Bonchev–Trinajstić information content (AvgIpc) is 2.40. The second-order valence-electron chi connectivity index (χ2n) is 5.30. The highest BCUT2D eigenvalue weighted by Gasteiger charge is 2.15. The second kappa shape index (κ2) is 7.38. The van der Waals surface area contributed by atoms with E-state index in [9.17, 15) is 13.2 Å². The van der Waals surface area contributed by atoms with Crippen molar-refractivity contribution in [2.24, 2.45) is 5.73 Å². The lowest BCUT2D eigenvalue weighted by Crippen LogP contribution is -2.30. The van der Waals surface area contributed by atoms with Crippen molar-refractivity contribution < 1.29 is 13.2 Å². The number of benzene rings is 1. The lowest BCUT2D eigenvalue weighted by atomic mass is 10.1. The summed E-state index contributed by atoms with van der Waals surface area (Å²) in [5, 5.41) is 8.47. The van der Waals surface area contributed by atoms with E-state index in [-0.39, 0.29) is 34.9 Å². The van der Waals surface area contributed by atoms with Gasteiger partial charge in [0.15, 0.2) is 9.84 Å². The van der Waals surface area contributed by atoms with Gasteiger partial charge in [0, 0.05) is 17.5 Å². The Morgan fingerprint density at radius 2 is 1.96 bits per heavy atom. The molecule has 0 spiro atoms. The fourth-order valence-electron chi connectivity index (χ4n) is 2.33. The Kier molecular flexibility index (Phi) is 6.21. The van der Waals surface area contributed by atoms with Gasteiger partial charge in [-0.25, -0.2) is 8.42 Å². The van der Waals surface area contributed by atoms with E-state index in [1.54, 1.807) is 13.1 Å². The number of nitrogens with zero attached hydrogens (tertiary/aromatic N) is 1. The highest BCUT2D eigenvalue weighted by molar-refractivity contribution is 7.90. The fraction of sp³-hybridized carbons (Fsp3) is 0.200. The number of hydrogen-bond acceptors (Lipinski definition) is 4. The van der Waals surface area contributed by atoms with Gasteiger partial charge in [-0.1, -0.05) is 11.6 Å². The van der Waals surface area contributed by atoms with E-state index in [1.807, 2.05) is 0 Å². The molecule has 1 aromatic carbocycles. The summed E-state index contributed by atoms with van der Waals surface area (Å²) in [7, 11) is -3.44. The third kappa shape index (κ3) is 4.37. The van der Waals surface area contributed by atoms with Gasteiger partial charge in [0.1, 0.15) is 5.49 Å². The van der Waals surface area contributed by atoms with Crippen molar-refractivity contribution in [2.75, 3.05) is 6.26 Å². The molecule has 0 fully saturated rings. The molecule has 0 aliphatic rings. The number of primary amides is 1. The number of aryl methyl sites for hydroxylation is 1. The number of carbonyl (C=O) groups excluding carboxylic acids is 1. The van der Waals surface area contributed by atoms with E-state index < -0.39 is 15.7 Å². The number of amides is 1. The van der Waals surface area contributed by atoms with Crippen LogP contribution in [-0.2, 0) is 16.4 Å². The normalized spacial score (nSPS) is 11.0. The number of carbonyl (C=O) groups is 1. The molecule has 0 saturated heterocycles. The van der Waals surface area contributed by atoms with E-state index in [1.165, 1.54) is 28.8 Å². The highest BCUT2D eigenvalue weighted by atomic mass is 35.5. The summed E-state index contributed by atoms with van der Waals surface area (Å²) < 4.78 is 25.3. The first kappa shape index (κ1) is 20.2. The van der Waals surface area contributed by atoms with E-state index in [4.69, 9.17) is 22.7 Å². The maximum absolute atomic E-state index is 11.9. The lowest BCUT2D eigenvalue weighted by Gasteiger charge is -2.13. The average molecular weight is 390 g/mol. The van der Waals surface area contributed by atoms with Crippen LogP contribution >= 0.6 is 24.0 Å². The standard InChI is InChI=1S/C15H16ClN3O3S.ClH/c1-9-5-12(15(18)20)14(17)19(7-9)8-10-6-11(16)3-4-13(10)23(2,21)22;/h3-7,17H,8H2,1-2H3,(H2,18,20);1H. The first-order chi connectivity index (χ1) is 10.6. The van der Waals surface area contributed by atoms with Crippen molar-refractivity contribution in [2.45, 2.75) is 18.4 Å². The number of halogens is 2. The molecular formula is C15H17Cl2N3O3S. The molecule has 2 rings (SSSR count). The van der Waals surface area contributed by atoms with Crippen LogP contribution in [-0.4, -0.2) is 25.1 Å². The Labute approximate surface area is 151 Å². The summed E-state index contributed by atoms with van der Waals surface area (Å²) in [5.74, 6) is -0.707. The minimum atomic E-state index is -3.44. The molecule has 0 aliphatic heterocycles. The predicted molar refractivity (Wildman–Crippen MR) is 94.5 cm³/mol. The topological polar surface area (TPSA) is 106 Å². The molecule has 0 bridgehead atoms. The van der Waals surface area contributed by atoms with Gasteiger partial charge in [0.25, 0.3) is 5.91 Å². The number of hydrogen-bond donors (Lipinski definition) is 2. The summed E-state index contributed by atoms with van der Waals surface area (Å²) in [6.45, 7) is 1.85. The third-order valence-corrected chi connectivity index (χ3v) is 4.73.